The molecule has 1 fully saturated rings. The first-order chi connectivity index (χ1) is 11.4. The van der Waals surface area contributed by atoms with E-state index in [1.165, 1.54) is 0 Å². The second-order valence-electron chi connectivity index (χ2n) is 6.82. The topological polar surface area (TPSA) is 66.5 Å². The molecule has 1 heterocycles. The summed E-state index contributed by atoms with van der Waals surface area (Å²) in [5.41, 5.74) is 1.12. The highest BCUT2D eigenvalue weighted by Crippen LogP contribution is 2.12. The summed E-state index contributed by atoms with van der Waals surface area (Å²) < 4.78 is 24.2. The summed E-state index contributed by atoms with van der Waals surface area (Å²) in [6.07, 6.45) is 2.15. The van der Waals surface area contributed by atoms with Crippen LogP contribution in [0.1, 0.15) is 32.3 Å². The van der Waals surface area contributed by atoms with Crippen LogP contribution >= 0.6 is 0 Å². The highest BCUT2D eigenvalue weighted by atomic mass is 32.2. The summed E-state index contributed by atoms with van der Waals surface area (Å²) in [5, 5.41) is 2.87. The van der Waals surface area contributed by atoms with E-state index in [4.69, 9.17) is 0 Å². The Bertz CT molecular complexity index is 629. The maximum absolute atomic E-state index is 12.1. The van der Waals surface area contributed by atoms with Crippen molar-refractivity contribution in [3.8, 4) is 0 Å². The van der Waals surface area contributed by atoms with Gasteiger partial charge in [0.2, 0.25) is 5.91 Å². The van der Waals surface area contributed by atoms with Crippen LogP contribution in [0.15, 0.2) is 30.3 Å². The van der Waals surface area contributed by atoms with E-state index in [0.717, 1.165) is 25.1 Å². The Labute approximate surface area is 145 Å². The molecule has 1 aromatic rings. The van der Waals surface area contributed by atoms with Crippen molar-refractivity contribution in [2.75, 3.05) is 24.6 Å². The van der Waals surface area contributed by atoms with Crippen molar-refractivity contribution in [3.63, 3.8) is 0 Å². The standard InChI is InChI=1S/C18H28N2O3S/c1-15(2)20-11-10-17(13-20)19-18(21)14-24(22,23)12-6-9-16-7-4-3-5-8-16/h3-5,7-8,15,17H,6,9-14H2,1-2H3,(H,19,21). The summed E-state index contributed by atoms with van der Waals surface area (Å²) in [6.45, 7) is 6.01. The monoisotopic (exact) mass is 352 g/mol. The molecular formula is C18H28N2O3S. The highest BCUT2D eigenvalue weighted by molar-refractivity contribution is 7.92. The molecular weight excluding hydrogens is 324 g/mol. The first-order valence-electron chi connectivity index (χ1n) is 8.63. The van der Waals surface area contributed by atoms with E-state index in [2.05, 4.69) is 24.1 Å². The molecule has 6 heteroatoms. The molecule has 0 saturated carbocycles. The number of aryl methyl sites for hydroxylation is 1. The van der Waals surface area contributed by atoms with Gasteiger partial charge in [-0.2, -0.15) is 0 Å². The van der Waals surface area contributed by atoms with Gasteiger partial charge in [0.1, 0.15) is 5.75 Å². The minimum atomic E-state index is -3.35. The molecule has 5 nitrogen and oxygen atoms in total. The van der Waals surface area contributed by atoms with Crippen LogP contribution in [-0.2, 0) is 21.1 Å². The number of carbonyl (C=O) groups is 1. The van der Waals surface area contributed by atoms with Gasteiger partial charge in [0.05, 0.1) is 5.75 Å². The maximum atomic E-state index is 12.1. The lowest BCUT2D eigenvalue weighted by molar-refractivity contribution is -0.119. The number of hydrogen-bond acceptors (Lipinski definition) is 4. The molecule has 1 amide bonds. The average molecular weight is 353 g/mol. The third kappa shape index (κ3) is 6.24. The Balaban J connectivity index is 1.72. The largest absolute Gasteiger partial charge is 0.351 e. The number of nitrogens with zero attached hydrogens (tertiary/aromatic N) is 1. The van der Waals surface area contributed by atoms with Crippen LogP contribution in [0.25, 0.3) is 0 Å². The van der Waals surface area contributed by atoms with Crippen molar-refractivity contribution >= 4 is 15.7 Å². The molecule has 0 aromatic heterocycles. The molecule has 1 unspecified atom stereocenters. The first kappa shape index (κ1) is 18.9. The number of nitrogens with one attached hydrogen (secondary N) is 1. The molecule has 1 atom stereocenters. The first-order valence-corrected chi connectivity index (χ1v) is 10.5. The van der Waals surface area contributed by atoms with Crippen molar-refractivity contribution < 1.29 is 13.2 Å². The molecule has 2 rings (SSSR count). The van der Waals surface area contributed by atoms with E-state index in [1.54, 1.807) is 0 Å². The van der Waals surface area contributed by atoms with Gasteiger partial charge in [-0.1, -0.05) is 30.3 Å². The summed E-state index contributed by atoms with van der Waals surface area (Å²) >= 11 is 0. The Morgan fingerprint density at radius 3 is 2.62 bits per heavy atom. The lowest BCUT2D eigenvalue weighted by Gasteiger charge is -2.20. The van der Waals surface area contributed by atoms with Crippen LogP contribution in [-0.4, -0.2) is 55.9 Å². The third-order valence-corrected chi connectivity index (χ3v) is 6.04. The van der Waals surface area contributed by atoms with Gasteiger partial charge in [0, 0.05) is 25.2 Å². The predicted molar refractivity (Wildman–Crippen MR) is 96.7 cm³/mol. The molecule has 0 bridgehead atoms. The van der Waals surface area contributed by atoms with Gasteiger partial charge < -0.3 is 5.32 Å². The molecule has 1 saturated heterocycles. The van der Waals surface area contributed by atoms with E-state index in [1.807, 2.05) is 30.3 Å². The third-order valence-electron chi connectivity index (χ3n) is 4.43. The van der Waals surface area contributed by atoms with Crippen molar-refractivity contribution in [2.24, 2.45) is 0 Å². The molecule has 1 aliphatic rings. The van der Waals surface area contributed by atoms with Crippen LogP contribution < -0.4 is 5.32 Å². The van der Waals surface area contributed by atoms with E-state index < -0.39 is 15.6 Å². The number of carbonyl (C=O) groups excluding carboxylic acids is 1. The molecule has 134 valence electrons. The molecule has 1 N–H and O–H groups in total. The van der Waals surface area contributed by atoms with Gasteiger partial charge in [-0.05, 0) is 38.7 Å². The van der Waals surface area contributed by atoms with Gasteiger partial charge in [-0.25, -0.2) is 8.42 Å². The van der Waals surface area contributed by atoms with Crippen LogP contribution in [0.2, 0.25) is 0 Å². The minimum absolute atomic E-state index is 0.0537. The second-order valence-corrected chi connectivity index (χ2v) is 9.01. The molecule has 0 spiro atoms. The van der Waals surface area contributed by atoms with Crippen molar-refractivity contribution in [1.29, 1.82) is 0 Å². The van der Waals surface area contributed by atoms with Crippen molar-refractivity contribution in [1.82, 2.24) is 10.2 Å². The molecule has 0 aliphatic carbocycles. The average Bonchev–Trinajstić information content (AvgIpc) is 2.96. The normalized spacial score (nSPS) is 18.9. The van der Waals surface area contributed by atoms with Crippen LogP contribution in [0.3, 0.4) is 0 Å². The quantitative estimate of drug-likeness (QED) is 0.772. The number of likely N-dealkylation sites (tertiary alicyclic amines) is 1. The van der Waals surface area contributed by atoms with Crippen LogP contribution in [0.4, 0.5) is 0 Å². The fraction of sp³-hybridized carbons (Fsp3) is 0.611. The summed E-state index contributed by atoms with van der Waals surface area (Å²) in [7, 11) is -3.35. The van der Waals surface area contributed by atoms with Gasteiger partial charge in [-0.3, -0.25) is 9.69 Å². The lowest BCUT2D eigenvalue weighted by atomic mass is 10.1. The zero-order chi connectivity index (χ0) is 17.6. The maximum Gasteiger partial charge on any atom is 0.235 e. The fourth-order valence-corrected chi connectivity index (χ4v) is 4.27. The number of rotatable bonds is 8. The SMILES string of the molecule is CC(C)N1CCC(NC(=O)CS(=O)(=O)CCCc2ccccc2)C1. The van der Waals surface area contributed by atoms with Gasteiger partial charge in [0.25, 0.3) is 0 Å². The summed E-state index contributed by atoms with van der Waals surface area (Å²) in [6, 6.07) is 10.3. The van der Waals surface area contributed by atoms with Crippen LogP contribution in [0.5, 0.6) is 0 Å². The van der Waals surface area contributed by atoms with Crippen molar-refractivity contribution in [3.05, 3.63) is 35.9 Å². The second kappa shape index (κ2) is 8.62. The van der Waals surface area contributed by atoms with E-state index in [9.17, 15) is 13.2 Å². The zero-order valence-corrected chi connectivity index (χ0v) is 15.4. The van der Waals surface area contributed by atoms with Crippen molar-refractivity contribution in [2.45, 2.75) is 45.2 Å². The van der Waals surface area contributed by atoms with Crippen LogP contribution in [0, 0.1) is 0 Å². The smallest absolute Gasteiger partial charge is 0.235 e. The Morgan fingerprint density at radius 1 is 1.29 bits per heavy atom. The van der Waals surface area contributed by atoms with Gasteiger partial charge >= 0.3 is 0 Å². The number of benzene rings is 1. The highest BCUT2D eigenvalue weighted by Gasteiger charge is 2.26. The van der Waals surface area contributed by atoms with E-state index in [-0.39, 0.29) is 17.7 Å². The van der Waals surface area contributed by atoms with E-state index in [0.29, 0.717) is 18.9 Å². The molecule has 24 heavy (non-hydrogen) atoms. The summed E-state index contributed by atoms with van der Waals surface area (Å²) in [4.78, 5) is 14.3. The zero-order valence-electron chi connectivity index (χ0n) is 14.6. The number of hydrogen-bond donors (Lipinski definition) is 1. The molecule has 1 aliphatic heterocycles. The van der Waals surface area contributed by atoms with E-state index >= 15 is 0 Å². The summed E-state index contributed by atoms with van der Waals surface area (Å²) in [5.74, 6) is -0.719. The Hall–Kier alpha value is -1.40. The van der Waals surface area contributed by atoms with Gasteiger partial charge in [0.15, 0.2) is 9.84 Å². The lowest BCUT2D eigenvalue weighted by Crippen LogP contribution is -2.41. The fourth-order valence-electron chi connectivity index (χ4n) is 3.06. The Kier molecular flexibility index (Phi) is 6.80. The predicted octanol–water partition coefficient (Wildman–Crippen LogP) is 1.63. The minimum Gasteiger partial charge on any atom is -0.351 e. The number of amides is 1. The Morgan fingerprint density at radius 2 is 2.00 bits per heavy atom. The number of sulfone groups is 1. The van der Waals surface area contributed by atoms with Gasteiger partial charge in [-0.15, -0.1) is 0 Å². The molecule has 0 radical (unpaired) electrons. The molecule has 1 aromatic carbocycles.